The number of hydrogen-bond acceptors (Lipinski definition) is 1. The van der Waals surface area contributed by atoms with E-state index in [1.54, 1.807) is 0 Å². The number of rotatable bonds is 0. The third-order valence-electron chi connectivity index (χ3n) is 2.08. The van der Waals surface area contributed by atoms with Crippen LogP contribution in [-0.4, -0.2) is 4.99 Å². The van der Waals surface area contributed by atoms with E-state index in [2.05, 4.69) is 24.4 Å². The zero-order valence-corrected chi connectivity index (χ0v) is 7.11. The Labute approximate surface area is 71.4 Å². The molecule has 1 aromatic carbocycles. The van der Waals surface area contributed by atoms with Crippen molar-refractivity contribution in [2.24, 2.45) is 0 Å². The van der Waals surface area contributed by atoms with Crippen LogP contribution in [0.3, 0.4) is 0 Å². The van der Waals surface area contributed by atoms with Gasteiger partial charge >= 0.3 is 0 Å². The standard InChI is InChI=1S/C9H9NS/c1-6-7-4-2-3-5-8(7)10-9(6)11/h2-6H,1H3,(H,10,11)/t6-/m0/s1. The highest BCUT2D eigenvalue weighted by Gasteiger charge is 2.21. The number of hydrogen-bond donors (Lipinski definition) is 1. The quantitative estimate of drug-likeness (QED) is 0.590. The van der Waals surface area contributed by atoms with Gasteiger partial charge in [-0.1, -0.05) is 37.3 Å². The number of para-hydroxylation sites is 1. The molecule has 0 radical (unpaired) electrons. The Morgan fingerprint density at radius 3 is 2.82 bits per heavy atom. The van der Waals surface area contributed by atoms with Gasteiger partial charge in [0.1, 0.15) is 0 Å². The van der Waals surface area contributed by atoms with Gasteiger partial charge in [-0.25, -0.2) is 0 Å². The summed E-state index contributed by atoms with van der Waals surface area (Å²) in [5.41, 5.74) is 2.49. The molecule has 0 aliphatic carbocycles. The molecule has 0 amide bonds. The topological polar surface area (TPSA) is 12.0 Å². The summed E-state index contributed by atoms with van der Waals surface area (Å²) in [7, 11) is 0. The van der Waals surface area contributed by atoms with Gasteiger partial charge in [-0.2, -0.15) is 0 Å². The molecule has 0 fully saturated rings. The predicted octanol–water partition coefficient (Wildman–Crippen LogP) is 2.54. The van der Waals surface area contributed by atoms with Crippen LogP contribution < -0.4 is 5.32 Å². The Balaban J connectivity index is 2.55. The molecule has 1 aliphatic heterocycles. The molecule has 1 aromatic rings. The third-order valence-corrected chi connectivity index (χ3v) is 2.53. The van der Waals surface area contributed by atoms with Gasteiger partial charge < -0.3 is 5.32 Å². The maximum absolute atomic E-state index is 5.14. The minimum atomic E-state index is 0.390. The van der Waals surface area contributed by atoms with E-state index in [1.807, 2.05) is 12.1 Å². The first-order valence-electron chi connectivity index (χ1n) is 3.69. The van der Waals surface area contributed by atoms with E-state index >= 15 is 0 Å². The van der Waals surface area contributed by atoms with Crippen LogP contribution in [0.4, 0.5) is 5.69 Å². The Morgan fingerprint density at radius 2 is 2.09 bits per heavy atom. The van der Waals surface area contributed by atoms with Crippen molar-refractivity contribution in [1.29, 1.82) is 0 Å². The second-order valence-corrected chi connectivity index (χ2v) is 3.24. The van der Waals surface area contributed by atoms with E-state index in [0.717, 1.165) is 4.99 Å². The molecule has 0 spiro atoms. The second-order valence-electron chi connectivity index (χ2n) is 2.80. The summed E-state index contributed by atoms with van der Waals surface area (Å²) in [5, 5.41) is 3.18. The first-order chi connectivity index (χ1) is 5.29. The van der Waals surface area contributed by atoms with Crippen molar-refractivity contribution in [2.45, 2.75) is 12.8 Å². The van der Waals surface area contributed by atoms with Gasteiger partial charge in [0, 0.05) is 11.6 Å². The number of fused-ring (bicyclic) bond motifs is 1. The monoisotopic (exact) mass is 163 g/mol. The highest BCUT2D eigenvalue weighted by atomic mass is 32.1. The van der Waals surface area contributed by atoms with Gasteiger partial charge in [0.05, 0.1) is 4.99 Å². The van der Waals surface area contributed by atoms with Gasteiger partial charge in [-0.3, -0.25) is 0 Å². The van der Waals surface area contributed by atoms with Crippen molar-refractivity contribution in [3.63, 3.8) is 0 Å². The number of anilines is 1. The lowest BCUT2D eigenvalue weighted by atomic mass is 10.0. The van der Waals surface area contributed by atoms with Crippen LogP contribution in [0.1, 0.15) is 18.4 Å². The highest BCUT2D eigenvalue weighted by molar-refractivity contribution is 7.80. The van der Waals surface area contributed by atoms with E-state index in [-0.39, 0.29) is 0 Å². The zero-order valence-electron chi connectivity index (χ0n) is 6.29. The maximum Gasteiger partial charge on any atom is 0.0871 e. The molecule has 56 valence electrons. The molecule has 1 atom stereocenters. The first-order valence-corrected chi connectivity index (χ1v) is 4.09. The fourth-order valence-corrected chi connectivity index (χ4v) is 1.61. The molecule has 1 nitrogen and oxygen atoms in total. The van der Waals surface area contributed by atoms with E-state index in [1.165, 1.54) is 11.3 Å². The van der Waals surface area contributed by atoms with Crippen LogP contribution in [-0.2, 0) is 0 Å². The average molecular weight is 163 g/mol. The molecule has 1 aliphatic rings. The Morgan fingerprint density at radius 1 is 1.36 bits per heavy atom. The lowest BCUT2D eigenvalue weighted by Gasteiger charge is -1.99. The summed E-state index contributed by atoms with van der Waals surface area (Å²) >= 11 is 5.14. The summed E-state index contributed by atoms with van der Waals surface area (Å²) < 4.78 is 0. The molecule has 0 saturated heterocycles. The SMILES string of the molecule is C[C@@H]1C(=S)Nc2ccccc21. The molecule has 1 heterocycles. The fourth-order valence-electron chi connectivity index (χ4n) is 1.37. The summed E-state index contributed by atoms with van der Waals surface area (Å²) in [6, 6.07) is 8.24. The second kappa shape index (κ2) is 2.31. The first kappa shape index (κ1) is 6.80. The maximum atomic E-state index is 5.14. The normalized spacial score (nSPS) is 21.2. The molecule has 0 saturated carbocycles. The molecule has 0 bridgehead atoms. The summed E-state index contributed by atoms with van der Waals surface area (Å²) in [5.74, 6) is 0.390. The van der Waals surface area contributed by atoms with Crippen molar-refractivity contribution in [2.75, 3.05) is 5.32 Å². The Hall–Kier alpha value is -0.890. The van der Waals surface area contributed by atoms with Crippen molar-refractivity contribution >= 4 is 22.9 Å². The van der Waals surface area contributed by atoms with Gasteiger partial charge in [0.2, 0.25) is 0 Å². The lowest BCUT2D eigenvalue weighted by Crippen LogP contribution is -2.05. The van der Waals surface area contributed by atoms with Crippen LogP contribution in [0, 0.1) is 0 Å². The van der Waals surface area contributed by atoms with Crippen molar-refractivity contribution in [3.05, 3.63) is 29.8 Å². The molecule has 0 aromatic heterocycles. The molecule has 2 heteroatoms. The van der Waals surface area contributed by atoms with E-state index in [9.17, 15) is 0 Å². The molecule has 2 rings (SSSR count). The Kier molecular flexibility index (Phi) is 1.43. The fraction of sp³-hybridized carbons (Fsp3) is 0.222. The summed E-state index contributed by atoms with van der Waals surface area (Å²) in [6.07, 6.45) is 0. The minimum Gasteiger partial charge on any atom is -0.349 e. The van der Waals surface area contributed by atoms with E-state index in [4.69, 9.17) is 12.2 Å². The average Bonchev–Trinajstić information content (AvgIpc) is 2.30. The van der Waals surface area contributed by atoms with E-state index < -0.39 is 0 Å². The van der Waals surface area contributed by atoms with Gasteiger partial charge in [0.15, 0.2) is 0 Å². The van der Waals surface area contributed by atoms with Gasteiger partial charge in [-0.05, 0) is 11.6 Å². The Bertz CT molecular complexity index is 306. The summed E-state index contributed by atoms with van der Waals surface area (Å²) in [6.45, 7) is 2.13. The lowest BCUT2D eigenvalue weighted by molar-refractivity contribution is 1.07. The number of benzene rings is 1. The number of thiocarbonyl (C=S) groups is 1. The highest BCUT2D eigenvalue weighted by Crippen LogP contribution is 2.31. The minimum absolute atomic E-state index is 0.390. The molecule has 1 N–H and O–H groups in total. The van der Waals surface area contributed by atoms with Gasteiger partial charge in [-0.15, -0.1) is 0 Å². The molecule has 0 unspecified atom stereocenters. The van der Waals surface area contributed by atoms with Crippen LogP contribution in [0.15, 0.2) is 24.3 Å². The van der Waals surface area contributed by atoms with Crippen LogP contribution in [0.25, 0.3) is 0 Å². The van der Waals surface area contributed by atoms with Crippen molar-refractivity contribution in [3.8, 4) is 0 Å². The van der Waals surface area contributed by atoms with Crippen molar-refractivity contribution in [1.82, 2.24) is 0 Å². The smallest absolute Gasteiger partial charge is 0.0871 e. The summed E-state index contributed by atoms with van der Waals surface area (Å²) in [4.78, 5) is 0.936. The van der Waals surface area contributed by atoms with Crippen molar-refractivity contribution < 1.29 is 0 Å². The number of nitrogens with one attached hydrogen (secondary N) is 1. The molecular weight excluding hydrogens is 154 g/mol. The largest absolute Gasteiger partial charge is 0.349 e. The predicted molar refractivity (Wildman–Crippen MR) is 51.1 cm³/mol. The third kappa shape index (κ3) is 0.942. The van der Waals surface area contributed by atoms with E-state index in [0.29, 0.717) is 5.92 Å². The van der Waals surface area contributed by atoms with Gasteiger partial charge in [0.25, 0.3) is 0 Å². The molecule has 11 heavy (non-hydrogen) atoms. The zero-order chi connectivity index (χ0) is 7.84. The van der Waals surface area contributed by atoms with Crippen LogP contribution in [0.2, 0.25) is 0 Å². The van der Waals surface area contributed by atoms with Crippen LogP contribution in [0.5, 0.6) is 0 Å². The van der Waals surface area contributed by atoms with Crippen LogP contribution >= 0.6 is 12.2 Å². The molecular formula is C9H9NS.